The molecule has 0 saturated heterocycles. The largest absolute Gasteiger partial charge is 0.432 e. The lowest BCUT2D eigenvalue weighted by atomic mass is 10.3. The van der Waals surface area contributed by atoms with Gasteiger partial charge in [0.2, 0.25) is 0 Å². The summed E-state index contributed by atoms with van der Waals surface area (Å²) in [5.41, 5.74) is 2.58. The first-order valence-electron chi connectivity index (χ1n) is 6.88. The molecule has 116 valence electrons. The van der Waals surface area contributed by atoms with Crippen LogP contribution in [0.2, 0.25) is 0 Å². The minimum Gasteiger partial charge on any atom is -0.432 e. The van der Waals surface area contributed by atoms with Crippen molar-refractivity contribution in [3.05, 3.63) is 54.0 Å². The van der Waals surface area contributed by atoms with Crippen molar-refractivity contribution in [3.8, 4) is 17.1 Å². The summed E-state index contributed by atoms with van der Waals surface area (Å²) in [6.45, 7) is 0. The van der Waals surface area contributed by atoms with Crippen LogP contribution in [0.15, 0.2) is 54.0 Å². The van der Waals surface area contributed by atoms with Crippen LogP contribution in [0.1, 0.15) is 0 Å². The number of aromatic nitrogens is 2. The van der Waals surface area contributed by atoms with E-state index in [1.54, 1.807) is 13.2 Å². The number of rotatable bonds is 4. The third kappa shape index (κ3) is 4.02. The van der Waals surface area contributed by atoms with Gasteiger partial charge in [0.1, 0.15) is 11.4 Å². The number of anilines is 2. The van der Waals surface area contributed by atoms with Crippen LogP contribution in [-0.4, -0.2) is 22.2 Å². The minimum atomic E-state index is 0.328. The Kier molecular flexibility index (Phi) is 4.80. The van der Waals surface area contributed by atoms with Crippen LogP contribution in [0.3, 0.4) is 0 Å². The van der Waals surface area contributed by atoms with Crippen molar-refractivity contribution in [2.45, 2.75) is 0 Å². The van der Waals surface area contributed by atoms with Crippen molar-refractivity contribution in [1.29, 1.82) is 0 Å². The first-order chi connectivity index (χ1) is 11.2. The number of thiocarbonyl (C=S) groups is 1. The summed E-state index contributed by atoms with van der Waals surface area (Å²) in [4.78, 5) is 8.85. The maximum Gasteiger partial charge on any atom is 0.261 e. The number of benzene rings is 1. The zero-order chi connectivity index (χ0) is 16.1. The number of hydrogen-bond acceptors (Lipinski definition) is 6. The monoisotopic (exact) mass is 342 g/mol. The van der Waals surface area contributed by atoms with Gasteiger partial charge in [0, 0.05) is 30.4 Å². The number of hydrogen-bond donors (Lipinski definition) is 2. The quantitative estimate of drug-likeness (QED) is 0.703. The highest BCUT2D eigenvalue weighted by atomic mass is 32.1. The van der Waals surface area contributed by atoms with E-state index in [4.69, 9.17) is 17.0 Å². The van der Waals surface area contributed by atoms with Crippen LogP contribution < -0.4 is 15.4 Å². The molecule has 0 aliphatic carbocycles. The van der Waals surface area contributed by atoms with Crippen molar-refractivity contribution in [3.63, 3.8) is 0 Å². The van der Waals surface area contributed by atoms with Crippen LogP contribution in [0.4, 0.5) is 10.8 Å². The third-order valence-corrected chi connectivity index (χ3v) is 3.98. The summed E-state index contributed by atoms with van der Waals surface area (Å²) in [7, 11) is 1.72. The molecule has 23 heavy (non-hydrogen) atoms. The van der Waals surface area contributed by atoms with E-state index in [2.05, 4.69) is 20.6 Å². The van der Waals surface area contributed by atoms with Crippen LogP contribution in [0.25, 0.3) is 11.4 Å². The zero-order valence-electron chi connectivity index (χ0n) is 12.3. The predicted octanol–water partition coefficient (Wildman–Crippen LogP) is 3.83. The van der Waals surface area contributed by atoms with Gasteiger partial charge < -0.3 is 15.4 Å². The Hall–Kier alpha value is -2.51. The minimum absolute atomic E-state index is 0.328. The zero-order valence-corrected chi connectivity index (χ0v) is 13.9. The van der Waals surface area contributed by atoms with Gasteiger partial charge in [-0.3, -0.25) is 4.98 Å². The van der Waals surface area contributed by atoms with Crippen LogP contribution in [0, 0.1) is 0 Å². The number of pyridine rings is 1. The molecule has 0 unspecified atom stereocenters. The number of nitrogens with one attached hydrogen (secondary N) is 2. The molecule has 5 nitrogen and oxygen atoms in total. The van der Waals surface area contributed by atoms with Gasteiger partial charge in [-0.05, 0) is 36.5 Å². The van der Waals surface area contributed by atoms with Crippen LogP contribution in [0.5, 0.6) is 5.75 Å². The maximum absolute atomic E-state index is 5.47. The molecule has 0 spiro atoms. The van der Waals surface area contributed by atoms with E-state index in [1.165, 1.54) is 11.3 Å². The van der Waals surface area contributed by atoms with Crippen LogP contribution >= 0.6 is 23.6 Å². The molecule has 0 atom stereocenters. The van der Waals surface area contributed by atoms with Gasteiger partial charge in [-0.25, -0.2) is 4.98 Å². The summed E-state index contributed by atoms with van der Waals surface area (Å²) in [6.07, 6.45) is 1.76. The summed E-state index contributed by atoms with van der Waals surface area (Å²) < 4.78 is 5.47. The fraction of sp³-hybridized carbons (Fsp3) is 0.0625. The number of ether oxygens (including phenoxy) is 1. The first kappa shape index (κ1) is 15.4. The second kappa shape index (κ2) is 7.17. The average Bonchev–Trinajstić information content (AvgIpc) is 3.04. The van der Waals surface area contributed by atoms with Gasteiger partial charge >= 0.3 is 0 Å². The highest BCUT2D eigenvalue weighted by Crippen LogP contribution is 2.27. The Balaban J connectivity index is 1.74. The van der Waals surface area contributed by atoms with Gasteiger partial charge in [-0.15, -0.1) is 11.3 Å². The Labute approximate surface area is 143 Å². The molecule has 0 amide bonds. The summed E-state index contributed by atoms with van der Waals surface area (Å²) in [5.74, 6) is 0.663. The SMILES string of the molecule is CNC(=S)Oc1cccc(Nc2nc(-c3ccccn3)cs2)c1. The van der Waals surface area contributed by atoms with Crippen molar-refractivity contribution >= 4 is 39.5 Å². The molecular weight excluding hydrogens is 328 g/mol. The Morgan fingerprint density at radius 1 is 1.17 bits per heavy atom. The fourth-order valence-corrected chi connectivity index (χ4v) is 2.70. The normalized spacial score (nSPS) is 10.1. The van der Waals surface area contributed by atoms with Gasteiger partial charge in [0.05, 0.1) is 5.69 Å². The van der Waals surface area contributed by atoms with E-state index < -0.39 is 0 Å². The second-order valence-corrected chi connectivity index (χ2v) is 5.77. The molecule has 0 radical (unpaired) electrons. The van der Waals surface area contributed by atoms with Crippen LogP contribution in [-0.2, 0) is 0 Å². The Morgan fingerprint density at radius 3 is 2.87 bits per heavy atom. The highest BCUT2D eigenvalue weighted by molar-refractivity contribution is 7.80. The molecule has 3 aromatic rings. The van der Waals surface area contributed by atoms with E-state index >= 15 is 0 Å². The van der Waals surface area contributed by atoms with Gasteiger partial charge in [0.25, 0.3) is 5.17 Å². The average molecular weight is 342 g/mol. The van der Waals surface area contributed by atoms with Crippen molar-refractivity contribution in [2.24, 2.45) is 0 Å². The number of nitrogens with zero attached hydrogens (tertiary/aromatic N) is 2. The molecule has 7 heteroatoms. The molecule has 0 aliphatic heterocycles. The molecule has 0 bridgehead atoms. The van der Waals surface area contributed by atoms with Crippen molar-refractivity contribution in [1.82, 2.24) is 15.3 Å². The molecule has 2 heterocycles. The molecule has 1 aromatic carbocycles. The molecule has 2 N–H and O–H groups in total. The molecule has 0 saturated carbocycles. The smallest absolute Gasteiger partial charge is 0.261 e. The lowest BCUT2D eigenvalue weighted by molar-refractivity contribution is 0.542. The molecule has 0 fully saturated rings. The lowest BCUT2D eigenvalue weighted by Crippen LogP contribution is -2.21. The molecule has 2 aromatic heterocycles. The topological polar surface area (TPSA) is 59.1 Å². The number of thiazole rings is 1. The van der Waals surface area contributed by atoms with E-state index in [-0.39, 0.29) is 0 Å². The van der Waals surface area contributed by atoms with Gasteiger partial charge in [-0.1, -0.05) is 12.1 Å². The Morgan fingerprint density at radius 2 is 2.09 bits per heavy atom. The fourth-order valence-electron chi connectivity index (χ4n) is 1.88. The summed E-state index contributed by atoms with van der Waals surface area (Å²) >= 11 is 6.52. The predicted molar refractivity (Wildman–Crippen MR) is 97.4 cm³/mol. The van der Waals surface area contributed by atoms with Gasteiger partial charge in [-0.2, -0.15) is 0 Å². The Bertz CT molecular complexity index is 805. The van der Waals surface area contributed by atoms with Gasteiger partial charge in [0.15, 0.2) is 5.13 Å². The standard InChI is InChI=1S/C16H14N4OS2/c1-17-16(22)21-12-6-4-5-11(9-12)19-15-20-14(10-23-15)13-7-2-3-8-18-13/h2-10H,1H3,(H,17,22)(H,19,20). The second-order valence-electron chi connectivity index (χ2n) is 4.55. The van der Waals surface area contributed by atoms with Crippen molar-refractivity contribution < 1.29 is 4.74 Å². The first-order valence-corrected chi connectivity index (χ1v) is 8.17. The van der Waals surface area contributed by atoms with E-state index in [0.717, 1.165) is 22.2 Å². The molecule has 0 aliphatic rings. The van der Waals surface area contributed by atoms with E-state index in [0.29, 0.717) is 10.9 Å². The highest BCUT2D eigenvalue weighted by Gasteiger charge is 2.06. The van der Waals surface area contributed by atoms with E-state index in [9.17, 15) is 0 Å². The lowest BCUT2D eigenvalue weighted by Gasteiger charge is -2.08. The summed E-state index contributed by atoms with van der Waals surface area (Å²) in [6, 6.07) is 13.3. The molecular formula is C16H14N4OS2. The van der Waals surface area contributed by atoms with Crippen molar-refractivity contribution in [2.75, 3.05) is 12.4 Å². The van der Waals surface area contributed by atoms with E-state index in [1.807, 2.05) is 47.8 Å². The third-order valence-electron chi connectivity index (χ3n) is 2.93. The molecule has 3 rings (SSSR count). The summed E-state index contributed by atoms with van der Waals surface area (Å²) in [5, 5.41) is 9.13. The maximum atomic E-state index is 5.47.